The molecule has 0 aliphatic rings. The van der Waals surface area contributed by atoms with E-state index in [1.165, 1.54) is 18.2 Å². The van der Waals surface area contributed by atoms with Crippen LogP contribution in [-0.2, 0) is 9.59 Å². The quantitative estimate of drug-likeness (QED) is 0.482. The van der Waals surface area contributed by atoms with E-state index in [9.17, 15) is 18.8 Å². The molecule has 0 aliphatic heterocycles. The average Bonchev–Trinajstić information content (AvgIpc) is 2.70. The second kappa shape index (κ2) is 8.70. The van der Waals surface area contributed by atoms with Crippen molar-refractivity contribution < 1.29 is 18.4 Å². The summed E-state index contributed by atoms with van der Waals surface area (Å²) < 4.78 is 20.8. The maximum atomic E-state index is 14.8. The fourth-order valence-corrected chi connectivity index (χ4v) is 3.35. The van der Waals surface area contributed by atoms with Crippen LogP contribution in [0.2, 0.25) is 0 Å². The molecular weight excluding hydrogens is 435 g/mol. The highest BCUT2D eigenvalue weighted by Crippen LogP contribution is 2.33. The second-order valence-corrected chi connectivity index (χ2v) is 10.7. The van der Waals surface area contributed by atoms with E-state index in [0.29, 0.717) is 16.8 Å². The molecule has 7 heteroatoms. The van der Waals surface area contributed by atoms with Crippen molar-refractivity contribution in [2.24, 2.45) is 10.8 Å². The summed E-state index contributed by atoms with van der Waals surface area (Å²) >= 11 is 0. The van der Waals surface area contributed by atoms with Gasteiger partial charge in [0.2, 0.25) is 11.8 Å². The van der Waals surface area contributed by atoms with E-state index < -0.39 is 16.6 Å². The van der Waals surface area contributed by atoms with E-state index in [-0.39, 0.29) is 34.1 Å². The number of carbonyl (C=O) groups is 2. The number of benzene rings is 2. The Morgan fingerprint density at radius 3 is 2.00 bits per heavy atom. The molecule has 1 aromatic heterocycles. The van der Waals surface area contributed by atoms with Gasteiger partial charge in [0.1, 0.15) is 17.2 Å². The van der Waals surface area contributed by atoms with Gasteiger partial charge in [-0.15, -0.1) is 0 Å². The summed E-state index contributed by atoms with van der Waals surface area (Å²) in [5.74, 6) is -0.992. The van der Waals surface area contributed by atoms with Gasteiger partial charge in [0.15, 0.2) is 5.43 Å². The zero-order valence-corrected chi connectivity index (χ0v) is 20.9. The molecule has 3 aromatic rings. The van der Waals surface area contributed by atoms with Crippen LogP contribution in [0.15, 0.2) is 39.5 Å². The van der Waals surface area contributed by atoms with Crippen LogP contribution in [0.3, 0.4) is 0 Å². The van der Waals surface area contributed by atoms with Crippen LogP contribution in [-0.4, -0.2) is 11.8 Å². The van der Waals surface area contributed by atoms with Crippen LogP contribution in [0, 0.1) is 30.5 Å². The van der Waals surface area contributed by atoms with Gasteiger partial charge in [-0.2, -0.15) is 0 Å². The molecule has 1 heterocycles. The number of hydrogen-bond donors (Lipinski definition) is 2. The molecule has 0 aliphatic carbocycles. The van der Waals surface area contributed by atoms with Crippen molar-refractivity contribution in [1.29, 1.82) is 0 Å². The van der Waals surface area contributed by atoms with Crippen LogP contribution in [0.4, 0.5) is 15.8 Å². The maximum absolute atomic E-state index is 14.8. The average molecular weight is 467 g/mol. The van der Waals surface area contributed by atoms with Gasteiger partial charge in [0.05, 0.1) is 16.8 Å². The summed E-state index contributed by atoms with van der Waals surface area (Å²) in [4.78, 5) is 38.0. The van der Waals surface area contributed by atoms with Gasteiger partial charge in [-0.05, 0) is 43.2 Å². The van der Waals surface area contributed by atoms with Crippen LogP contribution < -0.4 is 16.1 Å². The van der Waals surface area contributed by atoms with E-state index in [4.69, 9.17) is 4.42 Å². The number of hydrogen-bond acceptors (Lipinski definition) is 4. The Morgan fingerprint density at radius 2 is 1.44 bits per heavy atom. The molecule has 0 saturated heterocycles. The van der Waals surface area contributed by atoms with E-state index in [1.807, 2.05) is 19.9 Å². The molecule has 0 bridgehead atoms. The number of anilines is 2. The van der Waals surface area contributed by atoms with Gasteiger partial charge >= 0.3 is 0 Å². The highest BCUT2D eigenvalue weighted by atomic mass is 19.1. The van der Waals surface area contributed by atoms with Crippen molar-refractivity contribution in [3.8, 4) is 11.3 Å². The van der Waals surface area contributed by atoms with Gasteiger partial charge in [0, 0.05) is 22.5 Å². The topological polar surface area (TPSA) is 88.4 Å². The highest BCUT2D eigenvalue weighted by Gasteiger charge is 2.25. The third-order valence-corrected chi connectivity index (χ3v) is 5.49. The molecule has 2 aromatic carbocycles. The first-order chi connectivity index (χ1) is 15.6. The van der Waals surface area contributed by atoms with E-state index in [1.54, 1.807) is 47.6 Å². The predicted molar refractivity (Wildman–Crippen MR) is 134 cm³/mol. The molecule has 0 radical (unpaired) electrons. The number of nitrogens with one attached hydrogen (secondary N) is 2. The van der Waals surface area contributed by atoms with Crippen LogP contribution in [0.25, 0.3) is 22.3 Å². The Balaban J connectivity index is 2.09. The Kier molecular flexibility index (Phi) is 6.44. The zero-order valence-electron chi connectivity index (χ0n) is 20.9. The second-order valence-electron chi connectivity index (χ2n) is 10.7. The molecule has 34 heavy (non-hydrogen) atoms. The van der Waals surface area contributed by atoms with Crippen molar-refractivity contribution in [1.82, 2.24) is 0 Å². The fraction of sp³-hybridized carbons (Fsp3) is 0.370. The lowest BCUT2D eigenvalue weighted by Crippen LogP contribution is -2.28. The minimum atomic E-state index is -0.675. The monoisotopic (exact) mass is 466 g/mol. The summed E-state index contributed by atoms with van der Waals surface area (Å²) in [7, 11) is 0. The Bertz CT molecular complexity index is 1360. The first kappa shape index (κ1) is 25.1. The Morgan fingerprint density at radius 1 is 0.853 bits per heavy atom. The van der Waals surface area contributed by atoms with Crippen molar-refractivity contribution in [2.45, 2.75) is 55.4 Å². The molecule has 0 unspecified atom stereocenters. The van der Waals surface area contributed by atoms with Crippen molar-refractivity contribution >= 4 is 34.2 Å². The van der Waals surface area contributed by atoms with E-state index in [0.717, 1.165) is 11.1 Å². The maximum Gasteiger partial charge on any atom is 0.229 e. The summed E-state index contributed by atoms with van der Waals surface area (Å²) in [6.45, 7) is 14.2. The molecule has 6 nitrogen and oxygen atoms in total. The van der Waals surface area contributed by atoms with Gasteiger partial charge in [-0.25, -0.2) is 4.39 Å². The van der Waals surface area contributed by atoms with Gasteiger partial charge < -0.3 is 15.1 Å². The number of rotatable bonds is 3. The predicted octanol–water partition coefficient (Wildman–Crippen LogP) is 6.19. The van der Waals surface area contributed by atoms with E-state index >= 15 is 0 Å². The largest absolute Gasteiger partial charge is 0.455 e. The third-order valence-electron chi connectivity index (χ3n) is 5.49. The van der Waals surface area contributed by atoms with Crippen molar-refractivity contribution in [3.05, 3.63) is 57.5 Å². The first-order valence-corrected chi connectivity index (χ1v) is 11.1. The molecule has 2 amide bonds. The summed E-state index contributed by atoms with van der Waals surface area (Å²) in [5.41, 5.74) is 0.920. The number of carbonyl (C=O) groups excluding carboxylic acids is 2. The first-order valence-electron chi connectivity index (χ1n) is 11.1. The molecule has 0 saturated carbocycles. The highest BCUT2D eigenvalue weighted by molar-refractivity contribution is 6.04. The lowest BCUT2D eigenvalue weighted by Gasteiger charge is -2.20. The summed E-state index contributed by atoms with van der Waals surface area (Å²) in [6.07, 6.45) is 0. The molecule has 0 atom stereocenters. The summed E-state index contributed by atoms with van der Waals surface area (Å²) in [6, 6.07) is 7.36. The zero-order chi connectivity index (χ0) is 25.6. The normalized spacial score (nSPS) is 12.0. The van der Waals surface area contributed by atoms with Crippen LogP contribution in [0.5, 0.6) is 0 Å². The molecule has 180 valence electrons. The lowest BCUT2D eigenvalue weighted by molar-refractivity contribution is -0.123. The lowest BCUT2D eigenvalue weighted by atomic mass is 9.94. The third kappa shape index (κ3) is 5.03. The molecule has 0 fully saturated rings. The molecule has 0 spiro atoms. The van der Waals surface area contributed by atoms with Crippen molar-refractivity contribution in [3.63, 3.8) is 0 Å². The van der Waals surface area contributed by atoms with Gasteiger partial charge in [-0.3, -0.25) is 14.4 Å². The molecule has 3 rings (SSSR count). The Labute approximate surface area is 198 Å². The molecular formula is C27H31FN2O4. The standard InChI is InChI=1S/C27H31FN2O4/c1-14-11-15(2)23-21(22(14)30-25(33)27(6,7)8)19(31)13-20(34-23)16-9-10-18(17(28)12-16)29-24(32)26(3,4)5/h9-13H,1-8H3,(H,29,32)(H,30,33). The van der Waals surface area contributed by atoms with Gasteiger partial charge in [-0.1, -0.05) is 47.6 Å². The minimum Gasteiger partial charge on any atom is -0.455 e. The smallest absolute Gasteiger partial charge is 0.229 e. The number of halogens is 1. The van der Waals surface area contributed by atoms with E-state index in [2.05, 4.69) is 10.6 Å². The fourth-order valence-electron chi connectivity index (χ4n) is 3.35. The number of aryl methyl sites for hydroxylation is 2. The van der Waals surface area contributed by atoms with Crippen LogP contribution >= 0.6 is 0 Å². The van der Waals surface area contributed by atoms with Gasteiger partial charge in [0.25, 0.3) is 0 Å². The number of amides is 2. The Hall–Kier alpha value is -3.48. The van der Waals surface area contributed by atoms with Crippen molar-refractivity contribution in [2.75, 3.05) is 10.6 Å². The minimum absolute atomic E-state index is 0.0470. The number of fused-ring (bicyclic) bond motifs is 1. The SMILES string of the molecule is Cc1cc(C)c2oc(-c3ccc(NC(=O)C(C)(C)C)c(F)c3)cc(=O)c2c1NC(=O)C(C)(C)C. The van der Waals surface area contributed by atoms with Crippen LogP contribution in [0.1, 0.15) is 52.7 Å². The molecule has 2 N–H and O–H groups in total. The summed E-state index contributed by atoms with van der Waals surface area (Å²) in [5, 5.41) is 5.72.